The van der Waals surface area contributed by atoms with E-state index in [-0.39, 0.29) is 41.9 Å². The van der Waals surface area contributed by atoms with Gasteiger partial charge in [-0.1, -0.05) is 12.8 Å². The van der Waals surface area contributed by atoms with E-state index in [0.717, 1.165) is 64.7 Å². The molecule has 3 aliphatic heterocycles. The molecule has 1 saturated carbocycles. The van der Waals surface area contributed by atoms with Crippen molar-refractivity contribution in [2.75, 3.05) is 52.2 Å². The highest BCUT2D eigenvalue weighted by atomic mass is 16.5. The lowest BCUT2D eigenvalue weighted by atomic mass is 9.94. The van der Waals surface area contributed by atoms with E-state index in [2.05, 4.69) is 17.3 Å². The van der Waals surface area contributed by atoms with Gasteiger partial charge in [0.15, 0.2) is 0 Å². The maximum absolute atomic E-state index is 13.4. The van der Waals surface area contributed by atoms with E-state index < -0.39 is 0 Å². The zero-order valence-electron chi connectivity index (χ0n) is 21.4. The van der Waals surface area contributed by atoms with Gasteiger partial charge < -0.3 is 29.5 Å². The third-order valence-electron chi connectivity index (χ3n) is 8.26. The number of likely N-dealkylation sites (N-methyl/N-ethyl adjacent to an activating group) is 2. The third-order valence-corrected chi connectivity index (χ3v) is 8.26. The molecule has 1 aromatic carbocycles. The monoisotopic (exact) mass is 498 g/mol. The van der Waals surface area contributed by atoms with Crippen LogP contribution in [0.15, 0.2) is 18.2 Å². The summed E-state index contributed by atoms with van der Waals surface area (Å²) in [6.45, 7) is 3.62. The average molecular weight is 499 g/mol. The van der Waals surface area contributed by atoms with Gasteiger partial charge in [0, 0.05) is 44.8 Å². The number of piperazine rings is 1. The lowest BCUT2D eigenvalue weighted by Gasteiger charge is -2.42. The molecule has 2 saturated heterocycles. The van der Waals surface area contributed by atoms with E-state index in [1.807, 2.05) is 4.90 Å². The number of nitrogens with one attached hydrogen (secondary N) is 1. The highest BCUT2D eigenvalue weighted by molar-refractivity contribution is 6.00. The normalized spacial score (nSPS) is 27.5. The van der Waals surface area contributed by atoms with E-state index in [9.17, 15) is 14.4 Å². The maximum atomic E-state index is 13.4. The van der Waals surface area contributed by atoms with Crippen LogP contribution in [0.5, 0.6) is 5.75 Å². The van der Waals surface area contributed by atoms with Gasteiger partial charge in [-0.25, -0.2) is 0 Å². The summed E-state index contributed by atoms with van der Waals surface area (Å²) in [5, 5.41) is 2.99. The number of anilines is 1. The Balaban J connectivity index is 1.23. The number of carbonyl (C=O) groups excluding carboxylic acids is 3. The molecule has 3 fully saturated rings. The first kappa shape index (κ1) is 25.0. The summed E-state index contributed by atoms with van der Waals surface area (Å²) in [4.78, 5) is 44.8. The number of hydrogen-bond acceptors (Lipinski definition) is 6. The zero-order valence-corrected chi connectivity index (χ0v) is 21.4. The fourth-order valence-corrected chi connectivity index (χ4v) is 5.92. The second-order valence-electron chi connectivity index (χ2n) is 10.7. The molecule has 3 atom stereocenters. The van der Waals surface area contributed by atoms with Crippen molar-refractivity contribution in [3.63, 3.8) is 0 Å². The minimum atomic E-state index is -0.298. The Bertz CT molecular complexity index is 986. The SMILES string of the molecule is CN1CCN(C(=O)C[C@H]2CC[C@@H]3[C@H](COc4ccc(NC(=O)C5CCCC5)cc4C(=O)N3C)O2)CC1. The molecule has 9 heteroatoms. The number of nitrogens with zero attached hydrogens (tertiary/aromatic N) is 3. The number of hydrogen-bond donors (Lipinski definition) is 1. The van der Waals surface area contributed by atoms with Gasteiger partial charge in [0.2, 0.25) is 11.8 Å². The first-order chi connectivity index (χ1) is 17.4. The number of ether oxygens (including phenoxy) is 2. The van der Waals surface area contributed by atoms with E-state index in [4.69, 9.17) is 9.47 Å². The third kappa shape index (κ3) is 5.37. The number of fused-ring (bicyclic) bond motifs is 2. The molecule has 4 aliphatic rings. The van der Waals surface area contributed by atoms with E-state index in [0.29, 0.717) is 30.0 Å². The van der Waals surface area contributed by atoms with Crippen molar-refractivity contribution >= 4 is 23.4 Å². The molecule has 0 bridgehead atoms. The second kappa shape index (κ2) is 10.8. The molecular weight excluding hydrogens is 460 g/mol. The van der Waals surface area contributed by atoms with Crippen LogP contribution < -0.4 is 10.1 Å². The molecule has 1 aliphatic carbocycles. The van der Waals surface area contributed by atoms with Crippen molar-refractivity contribution in [3.05, 3.63) is 23.8 Å². The van der Waals surface area contributed by atoms with Crippen molar-refractivity contribution in [2.24, 2.45) is 5.92 Å². The first-order valence-electron chi connectivity index (χ1n) is 13.4. The smallest absolute Gasteiger partial charge is 0.257 e. The van der Waals surface area contributed by atoms with Crippen molar-refractivity contribution in [3.8, 4) is 5.75 Å². The highest BCUT2D eigenvalue weighted by Crippen LogP contribution is 2.33. The molecule has 196 valence electrons. The van der Waals surface area contributed by atoms with Gasteiger partial charge in [-0.15, -0.1) is 0 Å². The van der Waals surface area contributed by atoms with Crippen molar-refractivity contribution in [1.82, 2.24) is 14.7 Å². The molecule has 0 spiro atoms. The van der Waals surface area contributed by atoms with Gasteiger partial charge in [0.05, 0.1) is 24.1 Å². The summed E-state index contributed by atoms with van der Waals surface area (Å²) in [5.41, 5.74) is 1.07. The van der Waals surface area contributed by atoms with E-state index in [1.54, 1.807) is 30.1 Å². The Morgan fingerprint density at radius 2 is 1.78 bits per heavy atom. The first-order valence-corrected chi connectivity index (χ1v) is 13.4. The predicted octanol–water partition coefficient (Wildman–Crippen LogP) is 2.36. The summed E-state index contributed by atoms with van der Waals surface area (Å²) in [5.74, 6) is 0.562. The molecule has 36 heavy (non-hydrogen) atoms. The van der Waals surface area contributed by atoms with Crippen LogP contribution in [0.4, 0.5) is 5.69 Å². The van der Waals surface area contributed by atoms with E-state index in [1.165, 1.54) is 0 Å². The van der Waals surface area contributed by atoms with Crippen LogP contribution in [0.2, 0.25) is 0 Å². The quantitative estimate of drug-likeness (QED) is 0.685. The van der Waals surface area contributed by atoms with Crippen molar-refractivity contribution in [1.29, 1.82) is 0 Å². The van der Waals surface area contributed by atoms with Crippen LogP contribution in [-0.2, 0) is 14.3 Å². The van der Waals surface area contributed by atoms with Crippen molar-refractivity contribution < 1.29 is 23.9 Å². The summed E-state index contributed by atoms with van der Waals surface area (Å²) in [7, 11) is 3.88. The lowest BCUT2D eigenvalue weighted by Crippen LogP contribution is -2.54. The molecule has 5 rings (SSSR count). The molecule has 3 heterocycles. The molecule has 1 N–H and O–H groups in total. The van der Waals surface area contributed by atoms with Crippen LogP contribution in [0, 0.1) is 5.92 Å². The fraction of sp³-hybridized carbons (Fsp3) is 0.667. The predicted molar refractivity (Wildman–Crippen MR) is 135 cm³/mol. The summed E-state index contributed by atoms with van der Waals surface area (Å²) >= 11 is 0. The minimum Gasteiger partial charge on any atom is -0.490 e. The molecule has 0 aromatic heterocycles. The van der Waals surface area contributed by atoms with Gasteiger partial charge >= 0.3 is 0 Å². The number of benzene rings is 1. The van der Waals surface area contributed by atoms with Gasteiger partial charge in [0.1, 0.15) is 18.5 Å². The summed E-state index contributed by atoms with van der Waals surface area (Å²) in [6.07, 6.45) is 5.41. The Morgan fingerprint density at radius 1 is 1.03 bits per heavy atom. The number of amides is 3. The minimum absolute atomic E-state index is 0.0259. The van der Waals surface area contributed by atoms with Gasteiger partial charge in [-0.2, -0.15) is 0 Å². The van der Waals surface area contributed by atoms with Crippen LogP contribution in [0.3, 0.4) is 0 Å². The van der Waals surface area contributed by atoms with Gasteiger partial charge in [0.25, 0.3) is 5.91 Å². The average Bonchev–Trinajstić information content (AvgIpc) is 3.42. The number of rotatable bonds is 4. The Kier molecular flexibility index (Phi) is 7.48. The molecule has 0 unspecified atom stereocenters. The lowest BCUT2D eigenvalue weighted by molar-refractivity contribution is -0.144. The van der Waals surface area contributed by atoms with Crippen LogP contribution >= 0.6 is 0 Å². The van der Waals surface area contributed by atoms with Gasteiger partial charge in [-0.05, 0) is 50.9 Å². The summed E-state index contributed by atoms with van der Waals surface area (Å²) in [6, 6.07) is 5.14. The number of carbonyl (C=O) groups is 3. The Hall–Kier alpha value is -2.65. The molecule has 0 radical (unpaired) electrons. The van der Waals surface area contributed by atoms with Crippen LogP contribution in [0.1, 0.15) is 55.3 Å². The maximum Gasteiger partial charge on any atom is 0.257 e. The van der Waals surface area contributed by atoms with Crippen LogP contribution in [-0.4, -0.2) is 97.6 Å². The topological polar surface area (TPSA) is 91.4 Å². The molecular formula is C27H38N4O5. The molecule has 3 amide bonds. The molecule has 9 nitrogen and oxygen atoms in total. The van der Waals surface area contributed by atoms with E-state index >= 15 is 0 Å². The standard InChI is InChI=1S/C27H38N4O5/c1-29-11-13-31(14-12-29)25(32)16-20-8-9-22-24(36-20)17-35-23-10-7-19(15-21(23)27(34)30(22)2)28-26(33)18-5-3-4-6-18/h7,10,15,18,20,22,24H,3-6,8-9,11-14,16-17H2,1-2H3,(H,28,33)/t20-,22-,24+/m1/s1. The second-order valence-corrected chi connectivity index (χ2v) is 10.7. The zero-order chi connectivity index (χ0) is 25.2. The van der Waals surface area contributed by atoms with Crippen molar-refractivity contribution in [2.45, 2.75) is 63.2 Å². The van der Waals surface area contributed by atoms with Crippen LogP contribution in [0.25, 0.3) is 0 Å². The van der Waals surface area contributed by atoms with Gasteiger partial charge in [-0.3, -0.25) is 14.4 Å². The molecule has 1 aromatic rings. The summed E-state index contributed by atoms with van der Waals surface area (Å²) < 4.78 is 12.4. The largest absolute Gasteiger partial charge is 0.490 e. The Morgan fingerprint density at radius 3 is 2.53 bits per heavy atom. The fourth-order valence-electron chi connectivity index (χ4n) is 5.92. The highest BCUT2D eigenvalue weighted by Gasteiger charge is 2.39. The Labute approximate surface area is 213 Å².